The first-order valence-electron chi connectivity index (χ1n) is 10.2. The van der Waals surface area contributed by atoms with Gasteiger partial charge in [0.2, 0.25) is 5.76 Å². The van der Waals surface area contributed by atoms with Crippen molar-refractivity contribution in [3.05, 3.63) is 97.6 Å². The van der Waals surface area contributed by atoms with E-state index in [-0.39, 0.29) is 32.6 Å². The second kappa shape index (κ2) is 9.71. The number of fused-ring (bicyclic) bond motifs is 1. The van der Waals surface area contributed by atoms with Gasteiger partial charge in [-0.3, -0.25) is 4.79 Å². The first kappa shape index (κ1) is 26.5. The molecule has 0 radical (unpaired) electrons. The molecule has 0 unspecified atom stereocenters. The van der Waals surface area contributed by atoms with E-state index in [1.165, 1.54) is 36.5 Å². The van der Waals surface area contributed by atoms with Crippen molar-refractivity contribution in [3.8, 4) is 11.1 Å². The van der Waals surface area contributed by atoms with E-state index in [0.29, 0.717) is 17.7 Å². The molecule has 2 heterocycles. The molecule has 0 saturated carbocycles. The predicted molar refractivity (Wildman–Crippen MR) is 123 cm³/mol. The number of aromatic nitrogens is 1. The van der Waals surface area contributed by atoms with Crippen LogP contribution in [-0.4, -0.2) is 10.9 Å². The van der Waals surface area contributed by atoms with Crippen LogP contribution in [0.3, 0.4) is 0 Å². The molecule has 4 rings (SSSR count). The fourth-order valence-corrected chi connectivity index (χ4v) is 3.86. The van der Waals surface area contributed by atoms with Crippen LogP contribution in [0.15, 0.2) is 63.9 Å². The second-order valence-electron chi connectivity index (χ2n) is 7.72. The zero-order valence-corrected chi connectivity index (χ0v) is 19.6. The van der Waals surface area contributed by atoms with Gasteiger partial charge < -0.3 is 9.73 Å². The van der Waals surface area contributed by atoms with Crippen LogP contribution in [0, 0.1) is 0 Å². The lowest BCUT2D eigenvalue weighted by atomic mass is 9.99. The molecule has 0 aliphatic heterocycles. The monoisotopic (exact) mass is 560 g/mol. The van der Waals surface area contributed by atoms with Crippen LogP contribution in [0.25, 0.3) is 22.0 Å². The highest BCUT2D eigenvalue weighted by molar-refractivity contribution is 6.42. The summed E-state index contributed by atoms with van der Waals surface area (Å²) in [6.07, 6.45) is -8.79. The lowest BCUT2D eigenvalue weighted by Crippen LogP contribution is -2.25. The van der Waals surface area contributed by atoms with E-state index in [2.05, 4.69) is 10.3 Å². The quantitative estimate of drug-likeness (QED) is 0.269. The largest absolute Gasteiger partial charge is 0.416 e. The second-order valence-corrected chi connectivity index (χ2v) is 8.53. The van der Waals surface area contributed by atoms with Crippen LogP contribution in [-0.2, 0) is 18.9 Å². The maximum atomic E-state index is 13.2. The molecular weight excluding hydrogens is 549 g/mol. The van der Waals surface area contributed by atoms with Gasteiger partial charge in [-0.15, -0.1) is 0 Å². The van der Waals surface area contributed by atoms with Crippen LogP contribution >= 0.6 is 23.2 Å². The number of halogens is 8. The Morgan fingerprint density at radius 2 is 1.57 bits per heavy atom. The minimum atomic E-state index is -5.06. The van der Waals surface area contributed by atoms with Crippen LogP contribution in [0.4, 0.5) is 26.3 Å². The summed E-state index contributed by atoms with van der Waals surface area (Å²) in [6.45, 7) is -0.735. The number of hydrogen-bond acceptors (Lipinski definition) is 4. The summed E-state index contributed by atoms with van der Waals surface area (Å²) in [5, 5.41) is 2.71. The lowest BCUT2D eigenvalue weighted by molar-refractivity contribution is -0.143. The molecule has 2 aromatic heterocycles. The van der Waals surface area contributed by atoms with E-state index in [0.717, 1.165) is 0 Å². The minimum absolute atomic E-state index is 0.0247. The summed E-state index contributed by atoms with van der Waals surface area (Å²) < 4.78 is 84.2. The van der Waals surface area contributed by atoms with Crippen molar-refractivity contribution < 1.29 is 35.6 Å². The number of hydrogen-bond donors (Lipinski definition) is 1. The fraction of sp³-hybridized carbons (Fsp3) is 0.125. The van der Waals surface area contributed by atoms with Crippen LogP contribution in [0.1, 0.15) is 27.2 Å². The van der Waals surface area contributed by atoms with Gasteiger partial charge in [-0.2, -0.15) is 26.3 Å². The lowest BCUT2D eigenvalue weighted by Gasteiger charge is -2.15. The fourth-order valence-electron chi connectivity index (χ4n) is 3.57. The van der Waals surface area contributed by atoms with Crippen molar-refractivity contribution in [3.63, 3.8) is 0 Å². The molecule has 0 aliphatic carbocycles. The summed E-state index contributed by atoms with van der Waals surface area (Å²) in [4.78, 5) is 29.5. The smallest absolute Gasteiger partial charge is 0.415 e. The highest BCUT2D eigenvalue weighted by Gasteiger charge is 2.37. The highest BCUT2D eigenvalue weighted by Crippen LogP contribution is 2.37. The first-order valence-corrected chi connectivity index (χ1v) is 10.9. The van der Waals surface area contributed by atoms with Gasteiger partial charge in [0.05, 0.1) is 21.2 Å². The molecule has 0 saturated heterocycles. The molecule has 0 atom stereocenters. The van der Waals surface area contributed by atoms with Gasteiger partial charge in [0, 0.05) is 23.7 Å². The SMILES string of the molecule is O=C(NCc1cc(C(F)(F)F)cc(C(F)(F)F)c1)c1oc(=O)c2ncccc2c1-c1ccc(Cl)c(Cl)c1. The Bertz CT molecular complexity index is 1550. The van der Waals surface area contributed by atoms with Crippen LogP contribution in [0.5, 0.6) is 0 Å². The van der Waals surface area contributed by atoms with Crippen molar-refractivity contribution in [2.75, 3.05) is 0 Å². The normalized spacial score (nSPS) is 12.1. The Balaban J connectivity index is 1.78. The predicted octanol–water partition coefficient (Wildman–Crippen LogP) is 7.13. The summed E-state index contributed by atoms with van der Waals surface area (Å²) >= 11 is 12.1. The maximum Gasteiger partial charge on any atom is 0.416 e. The van der Waals surface area contributed by atoms with Crippen molar-refractivity contribution in [2.45, 2.75) is 18.9 Å². The molecule has 0 aliphatic rings. The van der Waals surface area contributed by atoms with Crippen molar-refractivity contribution in [1.29, 1.82) is 0 Å². The molecule has 4 aromatic rings. The van der Waals surface area contributed by atoms with E-state index in [9.17, 15) is 35.9 Å². The van der Waals surface area contributed by atoms with Gasteiger partial charge in [0.1, 0.15) is 0 Å². The van der Waals surface area contributed by atoms with E-state index in [1.54, 1.807) is 0 Å². The summed E-state index contributed by atoms with van der Waals surface area (Å²) in [7, 11) is 0. The molecule has 192 valence electrons. The van der Waals surface area contributed by atoms with Crippen LogP contribution in [0.2, 0.25) is 10.0 Å². The Morgan fingerprint density at radius 3 is 2.16 bits per heavy atom. The molecule has 13 heteroatoms. The standard InChI is InChI=1S/C24H12Cl2F6N2O3/c25-16-4-3-12(8-17(16)26)18-15-2-1-5-33-19(15)22(36)37-20(18)21(35)34-10-11-6-13(23(27,28)29)9-14(7-11)24(30,31)32/h1-9H,10H2,(H,34,35). The molecule has 1 amide bonds. The Labute approximate surface area is 213 Å². The molecule has 37 heavy (non-hydrogen) atoms. The minimum Gasteiger partial charge on any atom is -0.415 e. The number of pyridine rings is 1. The number of nitrogens with one attached hydrogen (secondary N) is 1. The van der Waals surface area contributed by atoms with E-state index in [1.807, 2.05) is 0 Å². The molecule has 5 nitrogen and oxygen atoms in total. The Kier molecular flexibility index (Phi) is 6.95. The Morgan fingerprint density at radius 1 is 0.919 bits per heavy atom. The summed E-state index contributed by atoms with van der Waals surface area (Å²) in [5.74, 6) is -1.62. The number of rotatable bonds is 4. The number of carbonyl (C=O) groups is 1. The van der Waals surface area contributed by atoms with Gasteiger partial charge in [-0.25, -0.2) is 9.78 Å². The molecule has 0 fully saturated rings. The molecule has 1 N–H and O–H groups in total. The maximum absolute atomic E-state index is 13.2. The first-order chi connectivity index (χ1) is 17.3. The van der Waals surface area contributed by atoms with E-state index >= 15 is 0 Å². The van der Waals surface area contributed by atoms with Gasteiger partial charge in [-0.1, -0.05) is 35.3 Å². The molecule has 2 aromatic carbocycles. The van der Waals surface area contributed by atoms with E-state index in [4.69, 9.17) is 27.6 Å². The zero-order chi connectivity index (χ0) is 27.1. The average Bonchev–Trinajstić information content (AvgIpc) is 2.83. The van der Waals surface area contributed by atoms with Gasteiger partial charge in [-0.05, 0) is 47.5 Å². The summed E-state index contributed by atoms with van der Waals surface area (Å²) in [6, 6.07) is 8.21. The molecule has 0 spiro atoms. The van der Waals surface area contributed by atoms with Crippen molar-refractivity contribution >= 4 is 40.0 Å². The average molecular weight is 561 g/mol. The highest BCUT2D eigenvalue weighted by atomic mass is 35.5. The number of benzene rings is 2. The molecular formula is C24H12Cl2F6N2O3. The van der Waals surface area contributed by atoms with Crippen molar-refractivity contribution in [2.24, 2.45) is 0 Å². The third-order valence-electron chi connectivity index (χ3n) is 5.21. The number of alkyl halides is 6. The van der Waals surface area contributed by atoms with Gasteiger partial charge >= 0.3 is 18.0 Å². The number of amides is 1. The van der Waals surface area contributed by atoms with E-state index < -0.39 is 52.9 Å². The van der Waals surface area contributed by atoms with Crippen LogP contribution < -0.4 is 10.9 Å². The summed E-state index contributed by atoms with van der Waals surface area (Å²) in [5.41, 5.74) is -4.29. The zero-order valence-electron chi connectivity index (χ0n) is 18.1. The molecule has 0 bridgehead atoms. The van der Waals surface area contributed by atoms with Crippen molar-refractivity contribution in [1.82, 2.24) is 10.3 Å². The third kappa shape index (κ3) is 5.57. The number of carbonyl (C=O) groups excluding carboxylic acids is 1. The Hall–Kier alpha value is -3.57. The van der Waals surface area contributed by atoms with Gasteiger partial charge in [0.25, 0.3) is 5.91 Å². The number of nitrogens with zero attached hydrogens (tertiary/aromatic N) is 1. The van der Waals surface area contributed by atoms with Gasteiger partial charge in [0.15, 0.2) is 5.52 Å². The third-order valence-corrected chi connectivity index (χ3v) is 5.95. The topological polar surface area (TPSA) is 72.2 Å².